The molecule has 2 aromatic heterocycles. The van der Waals surface area contributed by atoms with Crippen molar-refractivity contribution in [3.05, 3.63) is 35.5 Å². The van der Waals surface area contributed by atoms with E-state index in [0.29, 0.717) is 0 Å². The lowest BCUT2D eigenvalue weighted by Gasteiger charge is -2.37. The Labute approximate surface area is 136 Å². The number of imidazole rings is 1. The van der Waals surface area contributed by atoms with Crippen LogP contribution in [-0.2, 0) is 4.74 Å². The molecule has 1 fully saturated rings. The Morgan fingerprint density at radius 3 is 2.77 bits per heavy atom. The fourth-order valence-electron chi connectivity index (χ4n) is 2.37. The number of anilines is 1. The Morgan fingerprint density at radius 1 is 1.36 bits per heavy atom. The summed E-state index contributed by atoms with van der Waals surface area (Å²) in [6.45, 7) is 4.70. The summed E-state index contributed by atoms with van der Waals surface area (Å²) in [5.74, 6) is 0. The maximum atomic E-state index is 5.91. The van der Waals surface area contributed by atoms with Crippen LogP contribution in [0.5, 0.6) is 0 Å². The van der Waals surface area contributed by atoms with Gasteiger partial charge in [-0.2, -0.15) is 0 Å². The molecule has 1 N–H and O–H groups in total. The number of nitrogens with one attached hydrogen (secondary N) is 1. The zero-order valence-corrected chi connectivity index (χ0v) is 13.6. The molecule has 1 aromatic carbocycles. The molecule has 5 nitrogen and oxygen atoms in total. The first-order valence-electron chi connectivity index (χ1n) is 7.05. The van der Waals surface area contributed by atoms with Gasteiger partial charge in [0.05, 0.1) is 25.1 Å². The number of aromatic nitrogens is 3. The van der Waals surface area contributed by atoms with Gasteiger partial charge in [-0.05, 0) is 12.1 Å². The second-order valence-electron chi connectivity index (χ2n) is 5.92. The summed E-state index contributed by atoms with van der Waals surface area (Å²) >= 11 is 7.47. The van der Waals surface area contributed by atoms with Crippen molar-refractivity contribution in [3.63, 3.8) is 0 Å². The topological polar surface area (TPSA) is 51.5 Å². The molecule has 0 amide bonds. The summed E-state index contributed by atoms with van der Waals surface area (Å²) in [7, 11) is 0. The number of rotatable bonds is 4. The number of hydrogen-bond donors (Lipinski definition) is 1. The van der Waals surface area contributed by atoms with Crippen LogP contribution < -0.4 is 5.32 Å². The summed E-state index contributed by atoms with van der Waals surface area (Å²) in [6, 6.07) is 7.66. The van der Waals surface area contributed by atoms with Crippen molar-refractivity contribution in [1.82, 2.24) is 14.6 Å². The molecule has 1 saturated heterocycles. The molecule has 4 rings (SSSR count). The zero-order chi connectivity index (χ0) is 15.2. The Balaban J connectivity index is 1.53. The molecule has 0 atom stereocenters. The number of fused-ring (bicyclic) bond motifs is 1. The summed E-state index contributed by atoms with van der Waals surface area (Å²) in [4.78, 5) is 5.50. The largest absolute Gasteiger partial charge is 0.380 e. The van der Waals surface area contributed by atoms with Crippen LogP contribution in [0.4, 0.5) is 5.13 Å². The van der Waals surface area contributed by atoms with E-state index in [0.717, 1.165) is 46.1 Å². The SMILES string of the molecule is CC1(CNc2nn3cc(-c4ccc(Cl)cc4)nc3s2)COC1. The van der Waals surface area contributed by atoms with E-state index in [2.05, 4.69) is 22.3 Å². The van der Waals surface area contributed by atoms with E-state index in [9.17, 15) is 0 Å². The van der Waals surface area contributed by atoms with Crippen LogP contribution in [0, 0.1) is 5.41 Å². The van der Waals surface area contributed by atoms with Crippen molar-refractivity contribution in [2.24, 2.45) is 5.41 Å². The zero-order valence-electron chi connectivity index (χ0n) is 12.0. The average molecular weight is 335 g/mol. The van der Waals surface area contributed by atoms with Gasteiger partial charge >= 0.3 is 0 Å². The van der Waals surface area contributed by atoms with Gasteiger partial charge in [-0.1, -0.05) is 42.0 Å². The highest BCUT2D eigenvalue weighted by atomic mass is 35.5. The van der Waals surface area contributed by atoms with Crippen molar-refractivity contribution in [3.8, 4) is 11.3 Å². The number of halogens is 1. The first kappa shape index (κ1) is 14.0. The standard InChI is InChI=1S/C15H15ClN4OS/c1-15(8-21-9-15)7-17-13-19-20-6-12(18-14(20)22-13)10-2-4-11(16)5-3-10/h2-6H,7-9H2,1H3,(H,17,19). The van der Waals surface area contributed by atoms with Gasteiger partial charge in [-0.25, -0.2) is 9.50 Å². The Bertz CT molecular complexity index is 775. The van der Waals surface area contributed by atoms with Gasteiger partial charge in [0.2, 0.25) is 10.1 Å². The third-order valence-electron chi connectivity index (χ3n) is 3.75. The van der Waals surface area contributed by atoms with Crippen molar-refractivity contribution in [1.29, 1.82) is 0 Å². The van der Waals surface area contributed by atoms with Gasteiger partial charge in [0, 0.05) is 22.5 Å². The molecule has 0 unspecified atom stereocenters. The highest BCUT2D eigenvalue weighted by molar-refractivity contribution is 7.20. The van der Waals surface area contributed by atoms with Gasteiger partial charge in [-0.3, -0.25) is 0 Å². The van der Waals surface area contributed by atoms with Crippen LogP contribution >= 0.6 is 22.9 Å². The van der Waals surface area contributed by atoms with Crippen molar-refractivity contribution < 1.29 is 4.74 Å². The minimum absolute atomic E-state index is 0.224. The minimum Gasteiger partial charge on any atom is -0.380 e. The molecule has 7 heteroatoms. The van der Waals surface area contributed by atoms with Gasteiger partial charge in [-0.15, -0.1) is 5.10 Å². The number of nitrogens with zero attached hydrogens (tertiary/aromatic N) is 3. The molecule has 0 aliphatic carbocycles. The van der Waals surface area contributed by atoms with Crippen LogP contribution in [0.3, 0.4) is 0 Å². The third kappa shape index (κ3) is 2.58. The Morgan fingerprint density at radius 2 is 2.14 bits per heavy atom. The first-order valence-corrected chi connectivity index (χ1v) is 8.25. The lowest BCUT2D eigenvalue weighted by Crippen LogP contribution is -2.45. The summed E-state index contributed by atoms with van der Waals surface area (Å²) < 4.78 is 7.08. The second kappa shape index (κ2) is 5.22. The molecule has 0 spiro atoms. The number of benzene rings is 1. The summed E-state index contributed by atoms with van der Waals surface area (Å²) in [6.07, 6.45) is 1.94. The monoisotopic (exact) mass is 334 g/mol. The molecule has 114 valence electrons. The van der Waals surface area contributed by atoms with Gasteiger partial charge in [0.25, 0.3) is 0 Å². The van der Waals surface area contributed by atoms with E-state index in [1.165, 1.54) is 0 Å². The highest BCUT2D eigenvalue weighted by Gasteiger charge is 2.33. The third-order valence-corrected chi connectivity index (χ3v) is 4.88. The predicted octanol–water partition coefficient (Wildman–Crippen LogP) is 3.56. The second-order valence-corrected chi connectivity index (χ2v) is 7.32. The highest BCUT2D eigenvalue weighted by Crippen LogP contribution is 2.29. The molecular weight excluding hydrogens is 320 g/mol. The fraction of sp³-hybridized carbons (Fsp3) is 0.333. The van der Waals surface area contributed by atoms with Gasteiger partial charge < -0.3 is 10.1 Å². The average Bonchev–Trinajstić information content (AvgIpc) is 3.02. The van der Waals surface area contributed by atoms with E-state index in [1.54, 1.807) is 11.3 Å². The van der Waals surface area contributed by atoms with E-state index in [-0.39, 0.29) is 5.41 Å². The molecule has 3 aromatic rings. The molecule has 0 saturated carbocycles. The van der Waals surface area contributed by atoms with E-state index in [4.69, 9.17) is 16.3 Å². The van der Waals surface area contributed by atoms with Crippen molar-refractivity contribution >= 4 is 33.0 Å². The molecule has 3 heterocycles. The van der Waals surface area contributed by atoms with Crippen LogP contribution in [0.1, 0.15) is 6.92 Å². The Hall–Kier alpha value is -1.63. The normalized spacial score (nSPS) is 16.6. The van der Waals surface area contributed by atoms with E-state index < -0.39 is 0 Å². The van der Waals surface area contributed by atoms with Gasteiger partial charge in [0.15, 0.2) is 0 Å². The Kier molecular flexibility index (Phi) is 3.32. The summed E-state index contributed by atoms with van der Waals surface area (Å²) in [5.41, 5.74) is 2.17. The maximum absolute atomic E-state index is 5.91. The molecule has 22 heavy (non-hydrogen) atoms. The summed E-state index contributed by atoms with van der Waals surface area (Å²) in [5, 5.41) is 9.52. The molecule has 0 bridgehead atoms. The van der Waals surface area contributed by atoms with Crippen molar-refractivity contribution in [2.45, 2.75) is 6.92 Å². The van der Waals surface area contributed by atoms with Crippen LogP contribution in [0.25, 0.3) is 16.2 Å². The molecule has 1 aliphatic rings. The number of hydrogen-bond acceptors (Lipinski definition) is 5. The fourth-order valence-corrected chi connectivity index (χ4v) is 3.28. The van der Waals surface area contributed by atoms with Crippen LogP contribution in [0.15, 0.2) is 30.5 Å². The minimum atomic E-state index is 0.224. The quantitative estimate of drug-likeness (QED) is 0.792. The van der Waals surface area contributed by atoms with Gasteiger partial charge in [0.1, 0.15) is 0 Å². The molecule has 1 aliphatic heterocycles. The lowest BCUT2D eigenvalue weighted by molar-refractivity contribution is -0.0924. The van der Waals surface area contributed by atoms with E-state index >= 15 is 0 Å². The lowest BCUT2D eigenvalue weighted by atomic mass is 9.89. The van der Waals surface area contributed by atoms with Crippen LogP contribution in [-0.4, -0.2) is 34.4 Å². The smallest absolute Gasteiger partial charge is 0.214 e. The molecular formula is C15H15ClN4OS. The van der Waals surface area contributed by atoms with Crippen molar-refractivity contribution in [2.75, 3.05) is 25.1 Å². The van der Waals surface area contributed by atoms with E-state index in [1.807, 2.05) is 35.0 Å². The predicted molar refractivity (Wildman–Crippen MR) is 88.7 cm³/mol. The first-order chi connectivity index (χ1) is 10.6. The number of ether oxygens (including phenoxy) is 1. The van der Waals surface area contributed by atoms with Crippen LogP contribution in [0.2, 0.25) is 5.02 Å². The maximum Gasteiger partial charge on any atom is 0.214 e. The molecule has 0 radical (unpaired) electrons.